The van der Waals surface area contributed by atoms with Gasteiger partial charge in [-0.25, -0.2) is 4.98 Å². The highest BCUT2D eigenvalue weighted by atomic mass is 16.5. The van der Waals surface area contributed by atoms with Crippen LogP contribution in [-0.4, -0.2) is 55.2 Å². The first-order valence-corrected chi connectivity index (χ1v) is 9.28. The summed E-state index contributed by atoms with van der Waals surface area (Å²) < 4.78 is 11.1. The highest BCUT2D eigenvalue weighted by Gasteiger charge is 2.15. The van der Waals surface area contributed by atoms with Gasteiger partial charge in [-0.1, -0.05) is 19.1 Å². The van der Waals surface area contributed by atoms with Crippen LogP contribution in [0.2, 0.25) is 0 Å². The molecule has 26 heavy (non-hydrogen) atoms. The largest absolute Gasteiger partial charge is 0.441 e. The molecule has 1 amide bonds. The highest BCUT2D eigenvalue weighted by molar-refractivity contribution is 5.78. The number of rotatable bonds is 7. The van der Waals surface area contributed by atoms with Gasteiger partial charge in [0.2, 0.25) is 11.8 Å². The van der Waals surface area contributed by atoms with Gasteiger partial charge in [0.05, 0.1) is 25.3 Å². The Bertz CT molecular complexity index is 718. The van der Waals surface area contributed by atoms with E-state index in [0.29, 0.717) is 23.9 Å². The van der Waals surface area contributed by atoms with Gasteiger partial charge in [0, 0.05) is 31.7 Å². The molecule has 1 fully saturated rings. The van der Waals surface area contributed by atoms with Crippen LogP contribution in [-0.2, 0) is 22.4 Å². The second kappa shape index (κ2) is 8.96. The number of hydrogen-bond donors (Lipinski definition) is 1. The number of nitrogens with zero attached hydrogens (tertiary/aromatic N) is 2. The van der Waals surface area contributed by atoms with Crippen LogP contribution in [0, 0.1) is 6.92 Å². The molecule has 1 aromatic heterocycles. The summed E-state index contributed by atoms with van der Waals surface area (Å²) in [5, 5.41) is 2.97. The van der Waals surface area contributed by atoms with Crippen molar-refractivity contribution >= 4 is 5.91 Å². The van der Waals surface area contributed by atoms with Gasteiger partial charge in [0.15, 0.2) is 0 Å². The maximum absolute atomic E-state index is 12.2. The Morgan fingerprint density at radius 3 is 2.65 bits per heavy atom. The van der Waals surface area contributed by atoms with Crippen LogP contribution < -0.4 is 5.32 Å². The van der Waals surface area contributed by atoms with Crippen LogP contribution in [0.25, 0.3) is 11.5 Å². The molecular formula is C20H27N3O3. The van der Waals surface area contributed by atoms with Crippen LogP contribution in [0.15, 0.2) is 28.7 Å². The van der Waals surface area contributed by atoms with E-state index >= 15 is 0 Å². The minimum absolute atomic E-state index is 0.0254. The fourth-order valence-electron chi connectivity index (χ4n) is 2.99. The third kappa shape index (κ3) is 4.93. The first-order valence-electron chi connectivity index (χ1n) is 9.28. The number of carbonyl (C=O) groups excluding carboxylic acids is 1. The molecule has 6 nitrogen and oxygen atoms in total. The summed E-state index contributed by atoms with van der Waals surface area (Å²) in [4.78, 5) is 19.0. The summed E-state index contributed by atoms with van der Waals surface area (Å²) in [5.41, 5.74) is 2.91. The summed E-state index contributed by atoms with van der Waals surface area (Å²) in [6.45, 7) is 8.87. The molecule has 0 spiro atoms. The number of hydrogen-bond acceptors (Lipinski definition) is 5. The Balaban J connectivity index is 1.52. The number of nitrogens with one attached hydrogen (secondary N) is 1. The third-order valence-corrected chi connectivity index (χ3v) is 4.68. The molecule has 0 atom stereocenters. The smallest absolute Gasteiger partial charge is 0.226 e. The van der Waals surface area contributed by atoms with E-state index in [4.69, 9.17) is 9.15 Å². The Morgan fingerprint density at radius 2 is 1.96 bits per heavy atom. The van der Waals surface area contributed by atoms with Crippen molar-refractivity contribution in [1.29, 1.82) is 0 Å². The number of aromatic nitrogens is 1. The van der Waals surface area contributed by atoms with Gasteiger partial charge < -0.3 is 14.5 Å². The minimum atomic E-state index is -0.0254. The van der Waals surface area contributed by atoms with Crippen molar-refractivity contribution in [1.82, 2.24) is 15.2 Å². The van der Waals surface area contributed by atoms with Crippen LogP contribution in [0.5, 0.6) is 0 Å². The molecule has 1 aromatic carbocycles. The molecular weight excluding hydrogens is 330 g/mol. The second-order valence-corrected chi connectivity index (χ2v) is 6.55. The maximum Gasteiger partial charge on any atom is 0.226 e. The van der Waals surface area contributed by atoms with E-state index in [0.717, 1.165) is 44.8 Å². The van der Waals surface area contributed by atoms with Gasteiger partial charge in [-0.05, 0) is 31.0 Å². The maximum atomic E-state index is 12.2. The first-order chi connectivity index (χ1) is 12.7. The van der Waals surface area contributed by atoms with Crippen molar-refractivity contribution in [2.24, 2.45) is 0 Å². The molecule has 2 aromatic rings. The molecule has 0 aliphatic carbocycles. The predicted molar refractivity (Wildman–Crippen MR) is 100 cm³/mol. The van der Waals surface area contributed by atoms with Crippen LogP contribution in [0.4, 0.5) is 0 Å². The van der Waals surface area contributed by atoms with Gasteiger partial charge in [0.1, 0.15) is 5.76 Å². The molecule has 0 bridgehead atoms. The van der Waals surface area contributed by atoms with Gasteiger partial charge in [-0.15, -0.1) is 0 Å². The number of benzene rings is 1. The molecule has 0 unspecified atom stereocenters. The summed E-state index contributed by atoms with van der Waals surface area (Å²) in [6.07, 6.45) is 1.24. The molecule has 1 aliphatic rings. The molecule has 1 N–H and O–H groups in total. The van der Waals surface area contributed by atoms with Crippen LogP contribution in [0.1, 0.15) is 23.9 Å². The molecule has 3 rings (SSSR count). The average Bonchev–Trinajstić information content (AvgIpc) is 3.03. The number of aryl methyl sites for hydroxylation is 2. The normalized spacial score (nSPS) is 15.2. The van der Waals surface area contributed by atoms with Gasteiger partial charge >= 0.3 is 0 Å². The fraction of sp³-hybridized carbons (Fsp3) is 0.500. The topological polar surface area (TPSA) is 67.6 Å². The van der Waals surface area contributed by atoms with E-state index in [2.05, 4.69) is 34.3 Å². The molecule has 1 aliphatic heterocycles. The van der Waals surface area contributed by atoms with Gasteiger partial charge in [-0.3, -0.25) is 9.69 Å². The molecule has 0 saturated carbocycles. The minimum Gasteiger partial charge on any atom is -0.441 e. The van der Waals surface area contributed by atoms with E-state index in [-0.39, 0.29) is 12.3 Å². The number of morpholine rings is 1. The van der Waals surface area contributed by atoms with Crippen molar-refractivity contribution in [3.05, 3.63) is 41.3 Å². The summed E-state index contributed by atoms with van der Waals surface area (Å²) >= 11 is 0. The number of oxazole rings is 1. The van der Waals surface area contributed by atoms with E-state index in [1.807, 2.05) is 19.1 Å². The average molecular weight is 357 g/mol. The molecule has 0 radical (unpaired) electrons. The van der Waals surface area contributed by atoms with Crippen molar-refractivity contribution in [3.8, 4) is 11.5 Å². The number of amides is 1. The van der Waals surface area contributed by atoms with Crippen molar-refractivity contribution < 1.29 is 13.9 Å². The lowest BCUT2D eigenvalue weighted by molar-refractivity contribution is -0.120. The van der Waals surface area contributed by atoms with Gasteiger partial charge in [-0.2, -0.15) is 0 Å². The van der Waals surface area contributed by atoms with Crippen LogP contribution >= 0.6 is 0 Å². The van der Waals surface area contributed by atoms with Crippen LogP contribution in [0.3, 0.4) is 0 Å². The van der Waals surface area contributed by atoms with E-state index in [1.165, 1.54) is 5.56 Å². The Hall–Kier alpha value is -2.18. The predicted octanol–water partition coefficient (Wildman–Crippen LogP) is 2.20. The lowest BCUT2D eigenvalue weighted by atomic mass is 10.1. The summed E-state index contributed by atoms with van der Waals surface area (Å²) in [5.74, 6) is 1.24. The lowest BCUT2D eigenvalue weighted by Gasteiger charge is -2.26. The Kier molecular flexibility index (Phi) is 6.41. The zero-order chi connectivity index (χ0) is 18.4. The second-order valence-electron chi connectivity index (χ2n) is 6.55. The van der Waals surface area contributed by atoms with E-state index in [9.17, 15) is 4.79 Å². The number of carbonyl (C=O) groups is 1. The fourth-order valence-corrected chi connectivity index (χ4v) is 2.99. The van der Waals surface area contributed by atoms with E-state index in [1.54, 1.807) is 0 Å². The molecule has 6 heteroatoms. The van der Waals surface area contributed by atoms with Gasteiger partial charge in [0.25, 0.3) is 0 Å². The standard InChI is InChI=1S/C20H27N3O3/c1-3-16-4-6-17(7-5-16)20-22-18(15(2)26-20)14-19(24)21-8-9-23-10-12-25-13-11-23/h4-7H,3,8-14H2,1-2H3,(H,21,24). The summed E-state index contributed by atoms with van der Waals surface area (Å²) in [7, 11) is 0. The van der Waals surface area contributed by atoms with Crippen molar-refractivity contribution in [3.63, 3.8) is 0 Å². The van der Waals surface area contributed by atoms with Crippen molar-refractivity contribution in [2.75, 3.05) is 39.4 Å². The monoisotopic (exact) mass is 357 g/mol. The summed E-state index contributed by atoms with van der Waals surface area (Å²) in [6, 6.07) is 8.17. The zero-order valence-electron chi connectivity index (χ0n) is 15.6. The Morgan fingerprint density at radius 1 is 1.23 bits per heavy atom. The number of ether oxygens (including phenoxy) is 1. The molecule has 1 saturated heterocycles. The molecule has 2 heterocycles. The first kappa shape index (κ1) is 18.6. The zero-order valence-corrected chi connectivity index (χ0v) is 15.6. The highest BCUT2D eigenvalue weighted by Crippen LogP contribution is 2.22. The Labute approximate surface area is 154 Å². The lowest BCUT2D eigenvalue weighted by Crippen LogP contribution is -2.41. The SMILES string of the molecule is CCc1ccc(-c2nc(CC(=O)NCCN3CCOCC3)c(C)o2)cc1. The van der Waals surface area contributed by atoms with Crippen molar-refractivity contribution in [2.45, 2.75) is 26.7 Å². The molecule has 140 valence electrons. The quantitative estimate of drug-likeness (QED) is 0.823. The van der Waals surface area contributed by atoms with E-state index < -0.39 is 0 Å². The third-order valence-electron chi connectivity index (χ3n) is 4.68.